The van der Waals surface area contributed by atoms with E-state index in [0.717, 1.165) is 11.0 Å². The molecule has 0 saturated carbocycles. The van der Waals surface area contributed by atoms with Gasteiger partial charge in [-0.25, -0.2) is 0 Å². The van der Waals surface area contributed by atoms with Gasteiger partial charge in [0.15, 0.2) is 0 Å². The van der Waals surface area contributed by atoms with Gasteiger partial charge in [-0.15, -0.1) is 0 Å². The van der Waals surface area contributed by atoms with E-state index in [0.29, 0.717) is 4.91 Å². The van der Waals surface area contributed by atoms with Crippen LogP contribution in [-0.4, -0.2) is 26.5 Å². The molecular weight excluding hydrogens is 338 g/mol. The molecule has 1 aliphatic heterocycles. The smallest absolute Gasteiger partial charge is 0.253 e. The molecule has 7 heteroatoms. The first-order chi connectivity index (χ1) is 9.82. The van der Waals surface area contributed by atoms with Crippen molar-refractivity contribution < 1.29 is 13.2 Å². The lowest BCUT2D eigenvalue weighted by Gasteiger charge is -2.37. The van der Waals surface area contributed by atoms with Gasteiger partial charge in [0, 0.05) is 5.56 Å². The minimum atomic E-state index is -4.27. The zero-order valence-corrected chi connectivity index (χ0v) is 16.8. The van der Waals surface area contributed by atoms with Gasteiger partial charge in [0.25, 0.3) is 0 Å². The summed E-state index contributed by atoms with van der Waals surface area (Å²) in [5, 5.41) is 0. The summed E-state index contributed by atoms with van der Waals surface area (Å²) >= 11 is 0. The third kappa shape index (κ3) is 3.89. The Morgan fingerprint density at radius 2 is 1.36 bits per heavy atom. The van der Waals surface area contributed by atoms with Crippen LogP contribution in [0.5, 0.6) is 0 Å². The van der Waals surface area contributed by atoms with Gasteiger partial charge in [0.1, 0.15) is 0 Å². The fraction of sp³-hybridized carbons (Fsp3) is 0.533. The normalized spacial score (nSPS) is 19.4. The molecule has 1 aliphatic rings. The van der Waals surface area contributed by atoms with E-state index in [1.165, 1.54) is 12.1 Å². The van der Waals surface area contributed by atoms with Crippen LogP contribution in [-0.2, 0) is 6.18 Å². The van der Waals surface area contributed by atoms with Gasteiger partial charge >= 0.3 is 6.18 Å². The number of halogens is 3. The molecule has 0 aromatic heterocycles. The number of alkyl halides is 3. The Morgan fingerprint density at radius 3 is 1.73 bits per heavy atom. The Hall–Kier alpha value is -0.456. The molecule has 0 N–H and O–H groups in total. The monoisotopic (exact) mass is 361 g/mol. The Kier molecular flexibility index (Phi) is 4.53. The van der Waals surface area contributed by atoms with Crippen LogP contribution in [0.1, 0.15) is 11.1 Å². The van der Waals surface area contributed by atoms with Crippen molar-refractivity contribution in [1.82, 2.24) is 0 Å². The van der Waals surface area contributed by atoms with Gasteiger partial charge in [-0.1, -0.05) is 51.4 Å². The van der Waals surface area contributed by atoms with Crippen LogP contribution in [0.4, 0.5) is 13.2 Å². The summed E-state index contributed by atoms with van der Waals surface area (Å²) in [4.78, 5) is 0.687. The van der Waals surface area contributed by atoms with Crippen molar-refractivity contribution in [2.24, 2.45) is 4.76 Å². The van der Waals surface area contributed by atoms with E-state index in [-0.39, 0.29) is 0 Å². The van der Waals surface area contributed by atoms with Crippen LogP contribution >= 0.6 is 8.07 Å². The van der Waals surface area contributed by atoms with Crippen LogP contribution < -0.4 is 0 Å². The number of rotatable bonds is 4. The van der Waals surface area contributed by atoms with Crippen LogP contribution in [0.3, 0.4) is 0 Å². The maximum absolute atomic E-state index is 12.6. The SMILES string of the molecule is C[Si](C)(C)C(P1N=C1c1ccc(C(F)(F)F)cc1)[Si](C)(C)C. The maximum Gasteiger partial charge on any atom is 0.416 e. The summed E-state index contributed by atoms with van der Waals surface area (Å²) in [5.41, 5.74) is 1.35. The lowest BCUT2D eigenvalue weighted by atomic mass is 10.1. The molecule has 0 radical (unpaired) electrons. The van der Waals surface area contributed by atoms with Gasteiger partial charge in [-0.05, 0) is 17.0 Å². The molecular formula is C15H23F3NPSi2. The second kappa shape index (κ2) is 5.57. The Bertz CT molecular complexity index is 569. The highest BCUT2D eigenvalue weighted by molar-refractivity contribution is 7.87. The maximum atomic E-state index is 12.6. The highest BCUT2D eigenvalue weighted by atomic mass is 31.1. The average Bonchev–Trinajstić information content (AvgIpc) is 3.04. The molecule has 0 saturated heterocycles. The van der Waals surface area contributed by atoms with Crippen LogP contribution in [0.15, 0.2) is 29.0 Å². The van der Waals surface area contributed by atoms with Gasteiger partial charge in [-0.3, -0.25) is 4.76 Å². The molecule has 0 spiro atoms. The molecule has 1 nitrogen and oxygen atoms in total. The van der Waals surface area contributed by atoms with E-state index in [4.69, 9.17) is 4.76 Å². The van der Waals surface area contributed by atoms with Crippen LogP contribution in [0.25, 0.3) is 0 Å². The van der Waals surface area contributed by atoms with E-state index >= 15 is 0 Å². The molecule has 0 aliphatic carbocycles. The molecule has 1 aromatic carbocycles. The predicted molar refractivity (Wildman–Crippen MR) is 95.4 cm³/mol. The first kappa shape index (κ1) is 17.9. The lowest BCUT2D eigenvalue weighted by Crippen LogP contribution is -2.51. The van der Waals surface area contributed by atoms with E-state index < -0.39 is 36.0 Å². The van der Waals surface area contributed by atoms with E-state index in [1.54, 1.807) is 12.1 Å². The first-order valence-electron chi connectivity index (χ1n) is 7.37. The highest BCUT2D eigenvalue weighted by Gasteiger charge is 2.50. The van der Waals surface area contributed by atoms with Crippen molar-refractivity contribution in [2.75, 3.05) is 0 Å². The molecule has 2 rings (SSSR count). The topological polar surface area (TPSA) is 12.4 Å². The Labute approximate surface area is 133 Å². The average molecular weight is 361 g/mol. The van der Waals surface area contributed by atoms with Gasteiger partial charge in [0.05, 0.1) is 35.2 Å². The Balaban J connectivity index is 2.19. The van der Waals surface area contributed by atoms with Crippen LogP contribution in [0.2, 0.25) is 39.3 Å². The summed E-state index contributed by atoms with van der Waals surface area (Å²) in [6.45, 7) is 14.3. The van der Waals surface area contributed by atoms with Crippen molar-refractivity contribution in [1.29, 1.82) is 0 Å². The third-order valence-corrected chi connectivity index (χ3v) is 19.8. The molecule has 0 bridgehead atoms. The fourth-order valence-corrected chi connectivity index (χ4v) is 21.8. The minimum Gasteiger partial charge on any atom is -0.253 e. The fourth-order valence-electron chi connectivity index (χ4n) is 3.29. The van der Waals surface area contributed by atoms with Crippen molar-refractivity contribution >= 4 is 29.7 Å². The Morgan fingerprint density at radius 1 is 0.909 bits per heavy atom. The summed E-state index contributed by atoms with van der Waals surface area (Å²) in [5.74, 6) is 0. The lowest BCUT2D eigenvalue weighted by molar-refractivity contribution is -0.137. The molecule has 1 unspecified atom stereocenters. The molecule has 0 amide bonds. The zero-order valence-electron chi connectivity index (χ0n) is 13.9. The number of hydrogen-bond donors (Lipinski definition) is 0. The first-order valence-corrected chi connectivity index (χ1v) is 15.9. The molecule has 0 fully saturated rings. The van der Waals surface area contributed by atoms with Crippen molar-refractivity contribution in [2.45, 2.75) is 50.4 Å². The summed E-state index contributed by atoms with van der Waals surface area (Å²) in [6.07, 6.45) is -4.27. The number of benzene rings is 1. The molecule has 122 valence electrons. The minimum absolute atomic E-state index is 0.484. The standard InChI is InChI=1S/C15H23F3NPSi2/c1-21(2,3)14(22(4,5)6)20-13(19-20)11-7-9-12(10-8-11)15(16,17)18/h7-10,14H,1-6H3. The van der Waals surface area contributed by atoms with Gasteiger partial charge in [0.2, 0.25) is 0 Å². The quantitative estimate of drug-likeness (QED) is 0.462. The third-order valence-electron chi connectivity index (χ3n) is 3.74. The van der Waals surface area contributed by atoms with Crippen molar-refractivity contribution in [3.05, 3.63) is 35.4 Å². The van der Waals surface area contributed by atoms with Crippen molar-refractivity contribution in [3.63, 3.8) is 0 Å². The molecule has 1 heterocycles. The predicted octanol–water partition coefficient (Wildman–Crippen LogP) is 5.99. The van der Waals surface area contributed by atoms with Gasteiger partial charge in [-0.2, -0.15) is 13.2 Å². The second-order valence-electron chi connectivity index (χ2n) is 7.98. The zero-order chi connectivity index (χ0) is 16.9. The highest BCUT2D eigenvalue weighted by Crippen LogP contribution is 2.63. The summed E-state index contributed by atoms with van der Waals surface area (Å²) < 4.78 is 42.6. The molecule has 1 aromatic rings. The molecule has 22 heavy (non-hydrogen) atoms. The summed E-state index contributed by atoms with van der Waals surface area (Å²) in [6, 6.07) is 5.49. The number of nitrogens with zero attached hydrogens (tertiary/aromatic N) is 1. The van der Waals surface area contributed by atoms with Crippen molar-refractivity contribution in [3.8, 4) is 0 Å². The number of hydrogen-bond acceptors (Lipinski definition) is 1. The second-order valence-corrected chi connectivity index (χ2v) is 22.0. The molecule has 1 atom stereocenters. The van der Waals surface area contributed by atoms with Gasteiger partial charge < -0.3 is 0 Å². The van der Waals surface area contributed by atoms with Crippen LogP contribution in [0, 0.1) is 0 Å². The largest absolute Gasteiger partial charge is 0.416 e. The van der Waals surface area contributed by atoms with E-state index in [2.05, 4.69) is 39.3 Å². The summed E-state index contributed by atoms with van der Waals surface area (Å²) in [7, 11) is -3.17. The van der Waals surface area contributed by atoms with E-state index in [9.17, 15) is 13.2 Å². The van der Waals surface area contributed by atoms with E-state index in [1.807, 2.05) is 0 Å².